The Morgan fingerprint density at radius 2 is 2.00 bits per heavy atom. The molecule has 1 N–H and O–H groups in total. The zero-order chi connectivity index (χ0) is 13.9. The smallest absolute Gasteiger partial charge is 0.0369 e. The van der Waals surface area contributed by atoms with E-state index in [0.29, 0.717) is 0 Å². The Morgan fingerprint density at radius 3 is 2.60 bits per heavy atom. The molecule has 3 rings (SSSR count). The minimum absolute atomic E-state index is 0.792. The van der Waals surface area contributed by atoms with Crippen LogP contribution in [0.1, 0.15) is 50.2 Å². The maximum atomic E-state index is 3.62. The maximum Gasteiger partial charge on any atom is 0.0369 e. The van der Waals surface area contributed by atoms with Crippen LogP contribution in [0.3, 0.4) is 0 Å². The Bertz CT molecular complexity index is 447. The van der Waals surface area contributed by atoms with Crippen molar-refractivity contribution in [3.05, 3.63) is 29.3 Å². The summed E-state index contributed by atoms with van der Waals surface area (Å²) in [5, 5.41) is 3.62. The van der Waals surface area contributed by atoms with Gasteiger partial charge >= 0.3 is 0 Å². The first kappa shape index (κ1) is 13.9. The topological polar surface area (TPSA) is 15.3 Å². The van der Waals surface area contributed by atoms with Gasteiger partial charge < -0.3 is 10.2 Å². The van der Waals surface area contributed by atoms with Crippen molar-refractivity contribution >= 4 is 5.69 Å². The highest BCUT2D eigenvalue weighted by molar-refractivity contribution is 5.51. The maximum absolute atomic E-state index is 3.62. The quantitative estimate of drug-likeness (QED) is 0.772. The number of aryl methyl sites for hydroxylation is 1. The van der Waals surface area contributed by atoms with Crippen LogP contribution in [-0.4, -0.2) is 19.1 Å². The molecule has 1 aromatic rings. The van der Waals surface area contributed by atoms with Crippen molar-refractivity contribution in [2.45, 2.75) is 58.5 Å². The van der Waals surface area contributed by atoms with Gasteiger partial charge in [0.05, 0.1) is 0 Å². The van der Waals surface area contributed by atoms with Crippen LogP contribution in [0.15, 0.2) is 18.2 Å². The normalized spacial score (nSPS) is 18.3. The van der Waals surface area contributed by atoms with Gasteiger partial charge in [0.25, 0.3) is 0 Å². The average molecular weight is 272 g/mol. The second-order valence-corrected chi connectivity index (χ2v) is 6.66. The summed E-state index contributed by atoms with van der Waals surface area (Å²) in [4.78, 5) is 2.59. The Morgan fingerprint density at radius 1 is 1.20 bits per heavy atom. The van der Waals surface area contributed by atoms with Crippen LogP contribution in [0.2, 0.25) is 0 Å². The van der Waals surface area contributed by atoms with E-state index in [-0.39, 0.29) is 0 Å². The van der Waals surface area contributed by atoms with E-state index in [0.717, 1.165) is 18.5 Å². The largest absolute Gasteiger partial charge is 0.371 e. The van der Waals surface area contributed by atoms with Gasteiger partial charge in [-0.2, -0.15) is 0 Å². The molecule has 0 saturated heterocycles. The molecule has 2 aliphatic rings. The van der Waals surface area contributed by atoms with E-state index in [9.17, 15) is 0 Å². The number of nitrogens with one attached hydrogen (secondary N) is 1. The van der Waals surface area contributed by atoms with Gasteiger partial charge in [0.15, 0.2) is 0 Å². The highest BCUT2D eigenvalue weighted by Crippen LogP contribution is 2.32. The van der Waals surface area contributed by atoms with Gasteiger partial charge in [0, 0.05) is 31.4 Å². The fraction of sp³-hybridized carbons (Fsp3) is 0.667. The van der Waals surface area contributed by atoms with Gasteiger partial charge in [0.2, 0.25) is 0 Å². The van der Waals surface area contributed by atoms with Gasteiger partial charge in [-0.25, -0.2) is 0 Å². The van der Waals surface area contributed by atoms with E-state index < -0.39 is 0 Å². The monoisotopic (exact) mass is 272 g/mol. The Hall–Kier alpha value is -1.02. The van der Waals surface area contributed by atoms with Crippen LogP contribution in [0.5, 0.6) is 0 Å². The van der Waals surface area contributed by atoms with Crippen LogP contribution in [-0.2, 0) is 6.54 Å². The third-order valence-electron chi connectivity index (χ3n) is 4.52. The van der Waals surface area contributed by atoms with Crippen molar-refractivity contribution in [3.63, 3.8) is 0 Å². The Labute approximate surface area is 123 Å². The van der Waals surface area contributed by atoms with Crippen LogP contribution in [0.4, 0.5) is 5.69 Å². The molecule has 0 spiro atoms. The molecule has 0 aliphatic heterocycles. The summed E-state index contributed by atoms with van der Waals surface area (Å²) < 4.78 is 0. The lowest BCUT2D eigenvalue weighted by molar-refractivity contribution is 0.683. The zero-order valence-electron chi connectivity index (χ0n) is 13.0. The first-order valence-corrected chi connectivity index (χ1v) is 8.34. The standard InChI is InChI=1S/C18H28N2/c1-3-10-20(13-15-4-5-15)18-9-6-16(14(2)11-18)12-19-17-7-8-17/h6,9,11,15,17,19H,3-5,7-8,10,12-13H2,1-2H3. The van der Waals surface area contributed by atoms with Crippen molar-refractivity contribution in [1.29, 1.82) is 0 Å². The van der Waals surface area contributed by atoms with Crippen LogP contribution in [0.25, 0.3) is 0 Å². The number of rotatable bonds is 8. The highest BCUT2D eigenvalue weighted by atomic mass is 15.1. The number of hydrogen-bond acceptors (Lipinski definition) is 2. The van der Waals surface area contributed by atoms with Crippen LogP contribution < -0.4 is 10.2 Å². The molecule has 0 atom stereocenters. The van der Waals surface area contributed by atoms with Gasteiger partial charge in [-0.15, -0.1) is 0 Å². The molecule has 1 aromatic carbocycles. The SMILES string of the molecule is CCCN(CC1CC1)c1ccc(CNC2CC2)c(C)c1. The molecule has 110 valence electrons. The van der Waals surface area contributed by atoms with E-state index in [4.69, 9.17) is 0 Å². The lowest BCUT2D eigenvalue weighted by Crippen LogP contribution is -2.26. The fourth-order valence-electron chi connectivity index (χ4n) is 2.82. The molecule has 2 nitrogen and oxygen atoms in total. The van der Waals surface area contributed by atoms with E-state index in [2.05, 4.69) is 42.3 Å². The lowest BCUT2D eigenvalue weighted by atomic mass is 10.1. The van der Waals surface area contributed by atoms with Crippen molar-refractivity contribution < 1.29 is 0 Å². The zero-order valence-corrected chi connectivity index (χ0v) is 13.0. The summed E-state index contributed by atoms with van der Waals surface area (Å²) in [6.45, 7) is 8.02. The molecule has 20 heavy (non-hydrogen) atoms. The summed E-state index contributed by atoms with van der Waals surface area (Å²) in [7, 11) is 0. The minimum Gasteiger partial charge on any atom is -0.371 e. The summed E-state index contributed by atoms with van der Waals surface area (Å²) >= 11 is 0. The van der Waals surface area contributed by atoms with Gasteiger partial charge in [-0.05, 0) is 68.2 Å². The minimum atomic E-state index is 0.792. The molecular formula is C18H28N2. The fourth-order valence-corrected chi connectivity index (χ4v) is 2.82. The van der Waals surface area contributed by atoms with Crippen molar-refractivity contribution in [3.8, 4) is 0 Å². The molecule has 0 aromatic heterocycles. The van der Waals surface area contributed by atoms with E-state index in [1.807, 2.05) is 0 Å². The second kappa shape index (κ2) is 6.17. The first-order chi connectivity index (χ1) is 9.76. The van der Waals surface area contributed by atoms with Crippen LogP contribution in [0, 0.1) is 12.8 Å². The van der Waals surface area contributed by atoms with Crippen LogP contribution >= 0.6 is 0 Å². The summed E-state index contributed by atoms with van der Waals surface area (Å²) in [6, 6.07) is 7.84. The molecule has 0 unspecified atom stereocenters. The van der Waals surface area contributed by atoms with Crippen molar-refractivity contribution in [1.82, 2.24) is 5.32 Å². The summed E-state index contributed by atoms with van der Waals surface area (Å²) in [6.07, 6.45) is 6.83. The van der Waals surface area contributed by atoms with E-state index in [1.54, 1.807) is 0 Å². The molecule has 2 heteroatoms. The van der Waals surface area contributed by atoms with E-state index in [1.165, 1.54) is 62.0 Å². The van der Waals surface area contributed by atoms with Crippen molar-refractivity contribution in [2.75, 3.05) is 18.0 Å². The second-order valence-electron chi connectivity index (χ2n) is 6.66. The number of benzene rings is 1. The molecule has 0 bridgehead atoms. The Balaban J connectivity index is 1.65. The third-order valence-corrected chi connectivity index (χ3v) is 4.52. The molecule has 0 amide bonds. The van der Waals surface area contributed by atoms with Gasteiger partial charge in [-0.1, -0.05) is 13.0 Å². The van der Waals surface area contributed by atoms with Gasteiger partial charge in [-0.3, -0.25) is 0 Å². The molecule has 0 radical (unpaired) electrons. The number of hydrogen-bond donors (Lipinski definition) is 1. The van der Waals surface area contributed by atoms with Gasteiger partial charge in [0.1, 0.15) is 0 Å². The van der Waals surface area contributed by atoms with Crippen molar-refractivity contribution in [2.24, 2.45) is 5.92 Å². The summed E-state index contributed by atoms with van der Waals surface area (Å²) in [5.41, 5.74) is 4.32. The average Bonchev–Trinajstić information content (AvgIpc) is 3.31. The number of anilines is 1. The Kier molecular flexibility index (Phi) is 4.30. The highest BCUT2D eigenvalue weighted by Gasteiger charge is 2.24. The lowest BCUT2D eigenvalue weighted by Gasteiger charge is -2.25. The molecule has 0 heterocycles. The molecule has 2 saturated carbocycles. The predicted molar refractivity (Wildman–Crippen MR) is 86.3 cm³/mol. The van der Waals surface area contributed by atoms with E-state index >= 15 is 0 Å². The first-order valence-electron chi connectivity index (χ1n) is 8.34. The number of nitrogens with zero attached hydrogens (tertiary/aromatic N) is 1. The predicted octanol–water partition coefficient (Wildman–Crippen LogP) is 3.87. The molecule has 2 fully saturated rings. The molecular weight excluding hydrogens is 244 g/mol. The third kappa shape index (κ3) is 3.76. The molecule has 2 aliphatic carbocycles. The summed E-state index contributed by atoms with van der Waals surface area (Å²) in [5.74, 6) is 0.957.